The number of pyridine rings is 1. The number of fused-ring (bicyclic) bond motifs is 1. The van der Waals surface area contributed by atoms with Gasteiger partial charge in [0, 0.05) is 33.3 Å². The van der Waals surface area contributed by atoms with Crippen molar-refractivity contribution in [2.45, 2.75) is 29.8 Å². The maximum atomic E-state index is 4.48. The standard InChI is InChI=1S/C15H16BrNS2/c1-10(12-4-2-3-6-17-12)15(16)14-8-11-9-18-7-5-13(11)19-14/h2-4,6,8,10,15H,5,7,9H2,1H3. The Morgan fingerprint density at radius 1 is 1.37 bits per heavy atom. The largest absolute Gasteiger partial charge is 0.261 e. The maximum absolute atomic E-state index is 4.48. The van der Waals surface area contributed by atoms with Crippen LogP contribution in [0.25, 0.3) is 0 Å². The fourth-order valence-electron chi connectivity index (χ4n) is 2.35. The Hall–Kier alpha value is -0.320. The number of halogens is 1. The number of hydrogen-bond acceptors (Lipinski definition) is 3. The molecule has 4 heteroatoms. The van der Waals surface area contributed by atoms with E-state index in [4.69, 9.17) is 0 Å². The molecule has 19 heavy (non-hydrogen) atoms. The first-order valence-electron chi connectivity index (χ1n) is 6.50. The second-order valence-corrected chi connectivity index (χ2v) is 8.10. The molecule has 2 aromatic rings. The average Bonchev–Trinajstić information content (AvgIpc) is 2.90. The summed E-state index contributed by atoms with van der Waals surface area (Å²) in [5.74, 6) is 2.85. The Balaban J connectivity index is 1.83. The molecule has 0 aliphatic carbocycles. The molecule has 0 N–H and O–H groups in total. The van der Waals surface area contributed by atoms with Gasteiger partial charge in [0.1, 0.15) is 0 Å². The molecule has 2 aromatic heterocycles. The second kappa shape index (κ2) is 5.98. The molecule has 3 rings (SSSR count). The minimum atomic E-state index is 0.364. The Morgan fingerprint density at radius 3 is 3.00 bits per heavy atom. The fraction of sp³-hybridized carbons (Fsp3) is 0.400. The lowest BCUT2D eigenvalue weighted by atomic mass is 10.0. The number of aryl methyl sites for hydroxylation is 1. The van der Waals surface area contributed by atoms with Crippen LogP contribution in [0.3, 0.4) is 0 Å². The smallest absolute Gasteiger partial charge is 0.0570 e. The van der Waals surface area contributed by atoms with Crippen LogP contribution < -0.4 is 0 Å². The number of thiophene rings is 1. The topological polar surface area (TPSA) is 12.9 Å². The summed E-state index contributed by atoms with van der Waals surface area (Å²) in [5, 5.41) is 0. The first kappa shape index (κ1) is 13.7. The minimum absolute atomic E-state index is 0.364. The van der Waals surface area contributed by atoms with Gasteiger partial charge in [-0.15, -0.1) is 11.3 Å². The highest BCUT2D eigenvalue weighted by molar-refractivity contribution is 9.09. The lowest BCUT2D eigenvalue weighted by molar-refractivity contribution is 0.732. The molecule has 0 amide bonds. The van der Waals surface area contributed by atoms with Crippen molar-refractivity contribution in [1.29, 1.82) is 0 Å². The zero-order chi connectivity index (χ0) is 13.2. The van der Waals surface area contributed by atoms with Gasteiger partial charge in [0.05, 0.1) is 4.83 Å². The molecule has 0 radical (unpaired) electrons. The van der Waals surface area contributed by atoms with Crippen molar-refractivity contribution in [3.05, 3.63) is 51.5 Å². The van der Waals surface area contributed by atoms with Crippen LogP contribution in [-0.2, 0) is 12.2 Å². The molecule has 1 aliphatic rings. The van der Waals surface area contributed by atoms with E-state index in [2.05, 4.69) is 46.0 Å². The van der Waals surface area contributed by atoms with Crippen LogP contribution in [0.4, 0.5) is 0 Å². The van der Waals surface area contributed by atoms with Crippen molar-refractivity contribution >= 4 is 39.0 Å². The Morgan fingerprint density at radius 2 is 2.26 bits per heavy atom. The van der Waals surface area contributed by atoms with Crippen LogP contribution in [0.1, 0.15) is 38.7 Å². The summed E-state index contributed by atoms with van der Waals surface area (Å²) in [6, 6.07) is 8.54. The Labute approximate surface area is 131 Å². The third-order valence-electron chi connectivity index (χ3n) is 3.51. The van der Waals surface area contributed by atoms with E-state index in [9.17, 15) is 0 Å². The van der Waals surface area contributed by atoms with Gasteiger partial charge in [-0.1, -0.05) is 28.9 Å². The molecule has 1 aliphatic heterocycles. The van der Waals surface area contributed by atoms with Crippen LogP contribution in [-0.4, -0.2) is 10.7 Å². The van der Waals surface area contributed by atoms with E-state index in [0.717, 1.165) is 5.69 Å². The minimum Gasteiger partial charge on any atom is -0.261 e. The lowest BCUT2D eigenvalue weighted by Crippen LogP contribution is -2.02. The van der Waals surface area contributed by atoms with Gasteiger partial charge < -0.3 is 0 Å². The molecule has 0 saturated heterocycles. The molecule has 0 spiro atoms. The lowest BCUT2D eigenvalue weighted by Gasteiger charge is -2.16. The number of nitrogens with zero attached hydrogens (tertiary/aromatic N) is 1. The van der Waals surface area contributed by atoms with Crippen LogP contribution in [0.2, 0.25) is 0 Å². The van der Waals surface area contributed by atoms with Crippen molar-refractivity contribution in [2.75, 3.05) is 5.75 Å². The highest BCUT2D eigenvalue weighted by atomic mass is 79.9. The van der Waals surface area contributed by atoms with E-state index < -0.39 is 0 Å². The van der Waals surface area contributed by atoms with Crippen LogP contribution in [0.5, 0.6) is 0 Å². The first-order valence-corrected chi connectivity index (χ1v) is 9.38. The number of aromatic nitrogens is 1. The van der Waals surface area contributed by atoms with Crippen LogP contribution >= 0.6 is 39.0 Å². The molecule has 0 saturated carbocycles. The number of thioether (sulfide) groups is 1. The van der Waals surface area contributed by atoms with Crippen molar-refractivity contribution in [3.8, 4) is 0 Å². The summed E-state index contributed by atoms with van der Waals surface area (Å²) >= 11 is 7.90. The van der Waals surface area contributed by atoms with E-state index in [1.807, 2.05) is 35.4 Å². The third kappa shape index (κ3) is 2.91. The molecule has 100 valence electrons. The van der Waals surface area contributed by atoms with E-state index in [0.29, 0.717) is 10.7 Å². The quantitative estimate of drug-likeness (QED) is 0.705. The number of rotatable bonds is 3. The highest BCUT2D eigenvalue weighted by Gasteiger charge is 2.23. The molecule has 2 unspecified atom stereocenters. The van der Waals surface area contributed by atoms with Crippen molar-refractivity contribution in [2.24, 2.45) is 0 Å². The van der Waals surface area contributed by atoms with E-state index >= 15 is 0 Å². The molecular formula is C15H16BrNS2. The van der Waals surface area contributed by atoms with Gasteiger partial charge in [-0.2, -0.15) is 11.8 Å². The predicted octanol–water partition coefficient (Wildman–Crippen LogP) is 5.17. The van der Waals surface area contributed by atoms with E-state index in [1.165, 1.54) is 22.8 Å². The fourth-order valence-corrected chi connectivity index (χ4v) is 5.49. The molecule has 2 atom stereocenters. The summed E-state index contributed by atoms with van der Waals surface area (Å²) in [6.07, 6.45) is 3.12. The first-order chi connectivity index (χ1) is 9.25. The molecular weight excluding hydrogens is 338 g/mol. The van der Waals surface area contributed by atoms with Gasteiger partial charge in [0.15, 0.2) is 0 Å². The molecule has 1 nitrogen and oxygen atoms in total. The van der Waals surface area contributed by atoms with E-state index in [-0.39, 0.29) is 0 Å². The summed E-state index contributed by atoms with van der Waals surface area (Å²) in [5.41, 5.74) is 2.71. The highest BCUT2D eigenvalue weighted by Crippen LogP contribution is 2.43. The molecule has 3 heterocycles. The summed E-state index contributed by atoms with van der Waals surface area (Å²) in [4.78, 5) is 7.88. The van der Waals surface area contributed by atoms with Crippen molar-refractivity contribution in [1.82, 2.24) is 4.98 Å². The third-order valence-corrected chi connectivity index (χ3v) is 7.43. The van der Waals surface area contributed by atoms with Crippen molar-refractivity contribution < 1.29 is 0 Å². The van der Waals surface area contributed by atoms with Gasteiger partial charge in [-0.05, 0) is 35.9 Å². The SMILES string of the molecule is CC(c1ccccn1)C(Br)c1cc2c(s1)CCSC2. The number of hydrogen-bond donors (Lipinski definition) is 0. The normalized spacial score (nSPS) is 17.8. The van der Waals surface area contributed by atoms with Gasteiger partial charge in [-0.25, -0.2) is 0 Å². The maximum Gasteiger partial charge on any atom is 0.0570 e. The predicted molar refractivity (Wildman–Crippen MR) is 88.5 cm³/mol. The Kier molecular flexibility index (Phi) is 4.30. The zero-order valence-corrected chi connectivity index (χ0v) is 14.0. The van der Waals surface area contributed by atoms with Gasteiger partial charge >= 0.3 is 0 Å². The van der Waals surface area contributed by atoms with E-state index in [1.54, 1.807) is 10.4 Å². The summed E-state index contributed by atoms with van der Waals surface area (Å²) < 4.78 is 0. The average molecular weight is 354 g/mol. The van der Waals surface area contributed by atoms with Crippen molar-refractivity contribution in [3.63, 3.8) is 0 Å². The molecule has 0 aromatic carbocycles. The molecule has 0 fully saturated rings. The monoisotopic (exact) mass is 353 g/mol. The zero-order valence-electron chi connectivity index (χ0n) is 10.8. The Bertz CT molecular complexity index is 529. The molecule has 0 bridgehead atoms. The van der Waals surface area contributed by atoms with Gasteiger partial charge in [0.25, 0.3) is 0 Å². The summed E-state index contributed by atoms with van der Waals surface area (Å²) in [7, 11) is 0. The summed E-state index contributed by atoms with van der Waals surface area (Å²) in [6.45, 7) is 2.25. The van der Waals surface area contributed by atoms with Gasteiger partial charge in [-0.3, -0.25) is 4.98 Å². The van der Waals surface area contributed by atoms with Crippen LogP contribution in [0.15, 0.2) is 30.5 Å². The van der Waals surface area contributed by atoms with Gasteiger partial charge in [0.2, 0.25) is 0 Å². The number of alkyl halides is 1. The second-order valence-electron chi connectivity index (χ2n) is 4.84. The van der Waals surface area contributed by atoms with Crippen LogP contribution in [0, 0.1) is 0 Å².